The molecule has 15 heavy (non-hydrogen) atoms. The van der Waals surface area contributed by atoms with Gasteiger partial charge in [-0.05, 0) is 12.2 Å². The zero-order chi connectivity index (χ0) is 11.1. The van der Waals surface area contributed by atoms with Crippen LogP contribution >= 0.6 is 11.8 Å². The first-order chi connectivity index (χ1) is 7.33. The van der Waals surface area contributed by atoms with Gasteiger partial charge in [-0.1, -0.05) is 13.8 Å². The van der Waals surface area contributed by atoms with Gasteiger partial charge in [-0.15, -0.1) is 11.8 Å². The molecule has 0 saturated heterocycles. The first-order valence-corrected chi connectivity index (χ1v) is 6.07. The number of anilines is 1. The lowest BCUT2D eigenvalue weighted by atomic mass is 10.4. The van der Waals surface area contributed by atoms with Crippen molar-refractivity contribution in [3.05, 3.63) is 6.33 Å². The Morgan fingerprint density at radius 2 is 2.20 bits per heavy atom. The van der Waals surface area contributed by atoms with Crippen LogP contribution < -0.4 is 10.1 Å². The fourth-order valence-corrected chi connectivity index (χ4v) is 1.86. The molecule has 0 radical (unpaired) electrons. The molecule has 0 aromatic carbocycles. The molecular formula is C10H17N3OS. The molecule has 84 valence electrons. The summed E-state index contributed by atoms with van der Waals surface area (Å²) >= 11 is 1.66. The summed E-state index contributed by atoms with van der Waals surface area (Å²) in [6, 6.07) is 0. The van der Waals surface area contributed by atoms with Crippen LogP contribution in [-0.4, -0.2) is 29.4 Å². The topological polar surface area (TPSA) is 47.0 Å². The summed E-state index contributed by atoms with van der Waals surface area (Å²) < 4.78 is 5.32. The van der Waals surface area contributed by atoms with Crippen molar-refractivity contribution in [3.8, 4) is 5.75 Å². The summed E-state index contributed by atoms with van der Waals surface area (Å²) in [5, 5.41) is 4.12. The number of nitrogens with zero attached hydrogens (tertiary/aromatic N) is 2. The fourth-order valence-electron chi connectivity index (χ4n) is 1.15. The lowest BCUT2D eigenvalue weighted by Crippen LogP contribution is -2.05. The van der Waals surface area contributed by atoms with E-state index in [0.717, 1.165) is 35.3 Å². The Balaban J connectivity index is 2.88. The van der Waals surface area contributed by atoms with Gasteiger partial charge in [-0.2, -0.15) is 0 Å². The quantitative estimate of drug-likeness (QED) is 0.597. The fraction of sp³-hybridized carbons (Fsp3) is 0.600. The van der Waals surface area contributed by atoms with E-state index in [4.69, 9.17) is 4.74 Å². The van der Waals surface area contributed by atoms with Gasteiger partial charge in [0.25, 0.3) is 0 Å². The van der Waals surface area contributed by atoms with Crippen LogP contribution in [0.1, 0.15) is 20.3 Å². The molecule has 1 aromatic rings. The third-order valence-corrected chi connectivity index (χ3v) is 2.65. The number of methoxy groups -OCH3 is 1. The third kappa shape index (κ3) is 3.27. The maximum Gasteiger partial charge on any atom is 0.193 e. The van der Waals surface area contributed by atoms with Crippen molar-refractivity contribution in [1.29, 1.82) is 0 Å². The molecule has 0 fully saturated rings. The van der Waals surface area contributed by atoms with Crippen LogP contribution in [0.15, 0.2) is 11.4 Å². The average Bonchev–Trinajstić information content (AvgIpc) is 2.27. The standard InChI is InChI=1S/C10H17N3OS/c1-4-6-11-9-8(14-3)10(15-5-2)13-7-12-9/h7H,4-6H2,1-3H3,(H,11,12,13). The van der Waals surface area contributed by atoms with Crippen molar-refractivity contribution < 1.29 is 4.74 Å². The second-order valence-corrected chi connectivity index (χ2v) is 4.17. The minimum atomic E-state index is 0.748. The first kappa shape index (κ1) is 12.1. The molecule has 1 heterocycles. The van der Waals surface area contributed by atoms with E-state index < -0.39 is 0 Å². The van der Waals surface area contributed by atoms with Crippen molar-refractivity contribution >= 4 is 17.6 Å². The second kappa shape index (κ2) is 6.50. The molecule has 0 amide bonds. The Morgan fingerprint density at radius 3 is 2.80 bits per heavy atom. The summed E-state index contributed by atoms with van der Waals surface area (Å²) in [7, 11) is 1.65. The average molecular weight is 227 g/mol. The van der Waals surface area contributed by atoms with Crippen molar-refractivity contribution in [2.24, 2.45) is 0 Å². The molecule has 5 heteroatoms. The van der Waals surface area contributed by atoms with Crippen LogP contribution in [0.4, 0.5) is 5.82 Å². The Labute approximate surface area is 94.8 Å². The zero-order valence-electron chi connectivity index (χ0n) is 9.41. The van der Waals surface area contributed by atoms with E-state index in [2.05, 4.69) is 29.1 Å². The molecule has 0 aliphatic rings. The summed E-state index contributed by atoms with van der Waals surface area (Å²) in [4.78, 5) is 8.36. The highest BCUT2D eigenvalue weighted by atomic mass is 32.2. The van der Waals surface area contributed by atoms with E-state index in [9.17, 15) is 0 Å². The molecule has 1 N–H and O–H groups in total. The van der Waals surface area contributed by atoms with Gasteiger partial charge >= 0.3 is 0 Å². The lowest BCUT2D eigenvalue weighted by molar-refractivity contribution is 0.400. The van der Waals surface area contributed by atoms with Gasteiger partial charge in [0.2, 0.25) is 0 Å². The van der Waals surface area contributed by atoms with Crippen LogP contribution in [0, 0.1) is 0 Å². The molecule has 0 aliphatic carbocycles. The van der Waals surface area contributed by atoms with Crippen molar-refractivity contribution in [1.82, 2.24) is 9.97 Å². The molecule has 1 aromatic heterocycles. The van der Waals surface area contributed by atoms with Gasteiger partial charge in [-0.25, -0.2) is 9.97 Å². The normalized spacial score (nSPS) is 10.1. The van der Waals surface area contributed by atoms with Gasteiger partial charge < -0.3 is 10.1 Å². The summed E-state index contributed by atoms with van der Waals surface area (Å²) in [6.07, 6.45) is 2.63. The Hall–Kier alpha value is -0.970. The minimum absolute atomic E-state index is 0.748. The Morgan fingerprint density at radius 1 is 1.40 bits per heavy atom. The number of aromatic nitrogens is 2. The predicted molar refractivity (Wildman–Crippen MR) is 63.8 cm³/mol. The molecule has 4 nitrogen and oxygen atoms in total. The summed E-state index contributed by atoms with van der Waals surface area (Å²) in [5.74, 6) is 2.50. The molecule has 0 bridgehead atoms. The number of hydrogen-bond donors (Lipinski definition) is 1. The summed E-state index contributed by atoms with van der Waals surface area (Å²) in [5.41, 5.74) is 0. The molecule has 0 spiro atoms. The van der Waals surface area contributed by atoms with Crippen LogP contribution in [0.5, 0.6) is 5.75 Å². The van der Waals surface area contributed by atoms with E-state index in [-0.39, 0.29) is 0 Å². The van der Waals surface area contributed by atoms with Gasteiger partial charge in [-0.3, -0.25) is 0 Å². The smallest absolute Gasteiger partial charge is 0.193 e. The van der Waals surface area contributed by atoms with Gasteiger partial charge in [0, 0.05) is 6.54 Å². The lowest BCUT2D eigenvalue weighted by Gasteiger charge is -2.11. The molecule has 1 rings (SSSR count). The SMILES string of the molecule is CCCNc1ncnc(SCC)c1OC. The predicted octanol–water partition coefficient (Wildman–Crippen LogP) is 2.42. The van der Waals surface area contributed by atoms with E-state index in [1.807, 2.05) is 0 Å². The number of rotatable bonds is 6. The maximum absolute atomic E-state index is 5.32. The largest absolute Gasteiger partial charge is 0.490 e. The molecule has 0 saturated carbocycles. The minimum Gasteiger partial charge on any atom is -0.490 e. The van der Waals surface area contributed by atoms with Gasteiger partial charge in [0.15, 0.2) is 11.6 Å². The highest BCUT2D eigenvalue weighted by Crippen LogP contribution is 2.31. The van der Waals surface area contributed by atoms with Gasteiger partial charge in [0.1, 0.15) is 11.4 Å². The highest BCUT2D eigenvalue weighted by Gasteiger charge is 2.10. The number of ether oxygens (including phenoxy) is 1. The van der Waals surface area contributed by atoms with Crippen LogP contribution in [0.25, 0.3) is 0 Å². The Kier molecular flexibility index (Phi) is 5.25. The molecule has 0 unspecified atom stereocenters. The third-order valence-electron chi connectivity index (χ3n) is 1.80. The van der Waals surface area contributed by atoms with Crippen LogP contribution in [0.2, 0.25) is 0 Å². The molecular weight excluding hydrogens is 210 g/mol. The van der Waals surface area contributed by atoms with E-state index >= 15 is 0 Å². The second-order valence-electron chi connectivity index (χ2n) is 2.92. The van der Waals surface area contributed by atoms with Crippen molar-refractivity contribution in [2.75, 3.05) is 24.7 Å². The van der Waals surface area contributed by atoms with E-state index in [1.54, 1.807) is 25.2 Å². The number of hydrogen-bond acceptors (Lipinski definition) is 5. The van der Waals surface area contributed by atoms with E-state index in [0.29, 0.717) is 0 Å². The molecule has 0 atom stereocenters. The van der Waals surface area contributed by atoms with Gasteiger partial charge in [0.05, 0.1) is 7.11 Å². The molecule has 0 aliphatic heterocycles. The monoisotopic (exact) mass is 227 g/mol. The zero-order valence-corrected chi connectivity index (χ0v) is 10.2. The highest BCUT2D eigenvalue weighted by molar-refractivity contribution is 7.99. The van der Waals surface area contributed by atoms with Crippen molar-refractivity contribution in [2.45, 2.75) is 25.3 Å². The first-order valence-electron chi connectivity index (χ1n) is 5.09. The van der Waals surface area contributed by atoms with Crippen LogP contribution in [-0.2, 0) is 0 Å². The van der Waals surface area contributed by atoms with Crippen LogP contribution in [0.3, 0.4) is 0 Å². The summed E-state index contributed by atoms with van der Waals surface area (Å²) in [6.45, 7) is 5.09. The number of nitrogens with one attached hydrogen (secondary N) is 1. The van der Waals surface area contributed by atoms with Crippen molar-refractivity contribution in [3.63, 3.8) is 0 Å². The van der Waals surface area contributed by atoms with E-state index in [1.165, 1.54) is 0 Å². The number of thioether (sulfide) groups is 1. The maximum atomic E-state index is 5.32. The Bertz CT molecular complexity index is 307.